The van der Waals surface area contributed by atoms with Gasteiger partial charge in [-0.3, -0.25) is 4.79 Å². The fourth-order valence-electron chi connectivity index (χ4n) is 5.36. The Morgan fingerprint density at radius 3 is 2.58 bits per heavy atom. The highest BCUT2D eigenvalue weighted by molar-refractivity contribution is 6.04. The van der Waals surface area contributed by atoms with Gasteiger partial charge in [0, 0.05) is 18.1 Å². The largest absolute Gasteiger partial charge is 0.392 e. The molecule has 6 atom stereocenters. The SMILES string of the molecule is COC[C@@]1(O)CC[C@@H]2C1=C[C@]1(C)C(=C(C(C)C)C(=O)[C@H]1O)C[C@H](O)[C@@H]2C. The minimum absolute atomic E-state index is 0.0217. The number of rotatable bonds is 3. The van der Waals surface area contributed by atoms with Gasteiger partial charge in [0.1, 0.15) is 11.7 Å². The summed E-state index contributed by atoms with van der Waals surface area (Å²) in [4.78, 5) is 12.8. The first-order valence-electron chi connectivity index (χ1n) is 9.65. The van der Waals surface area contributed by atoms with E-state index in [1.807, 2.05) is 33.8 Å². The Kier molecular flexibility index (Phi) is 4.98. The van der Waals surface area contributed by atoms with Crippen molar-refractivity contribution in [2.24, 2.45) is 23.2 Å². The van der Waals surface area contributed by atoms with Crippen molar-refractivity contribution < 1.29 is 24.9 Å². The minimum atomic E-state index is -1.17. The number of Topliss-reactive ketones (excluding diaryl/α,β-unsaturated/α-hetero) is 1. The fraction of sp³-hybridized carbons (Fsp3) is 0.762. The predicted molar refractivity (Wildman–Crippen MR) is 98.4 cm³/mol. The van der Waals surface area contributed by atoms with Gasteiger partial charge < -0.3 is 20.1 Å². The monoisotopic (exact) mass is 364 g/mol. The standard InChI is InChI=1S/C21H32O5/c1-11(2)17-14-8-16(22)12(3)13-6-7-21(25,10-26-5)15(13)9-20(14,4)19(24)18(17)23/h9,11-13,16,19,22,24-25H,6-8,10H2,1-5H3/t12-,13+,16+,19-,20-,21+/m1/s1. The maximum Gasteiger partial charge on any atom is 0.188 e. The van der Waals surface area contributed by atoms with Crippen molar-refractivity contribution >= 4 is 5.78 Å². The lowest BCUT2D eigenvalue weighted by molar-refractivity contribution is -0.125. The van der Waals surface area contributed by atoms with E-state index in [0.717, 1.165) is 17.6 Å². The van der Waals surface area contributed by atoms with Gasteiger partial charge in [-0.15, -0.1) is 0 Å². The molecule has 5 nitrogen and oxygen atoms in total. The number of ketones is 1. The van der Waals surface area contributed by atoms with Gasteiger partial charge in [-0.05, 0) is 55.1 Å². The Morgan fingerprint density at radius 1 is 1.35 bits per heavy atom. The van der Waals surface area contributed by atoms with Gasteiger partial charge in [0.25, 0.3) is 0 Å². The van der Waals surface area contributed by atoms with Crippen LogP contribution in [0.25, 0.3) is 0 Å². The summed E-state index contributed by atoms with van der Waals surface area (Å²) in [5.41, 5.74) is 0.263. The molecule has 1 fully saturated rings. The van der Waals surface area contributed by atoms with Crippen molar-refractivity contribution in [1.29, 1.82) is 0 Å². The molecule has 0 heterocycles. The molecule has 0 aliphatic heterocycles. The molecule has 0 radical (unpaired) electrons. The molecule has 0 aromatic carbocycles. The van der Waals surface area contributed by atoms with Crippen LogP contribution in [-0.2, 0) is 9.53 Å². The third-order valence-electron chi connectivity index (χ3n) is 6.93. The second-order valence-corrected chi connectivity index (χ2v) is 8.94. The highest BCUT2D eigenvalue weighted by Crippen LogP contribution is 2.54. The van der Waals surface area contributed by atoms with E-state index >= 15 is 0 Å². The molecule has 3 rings (SSSR count). The third-order valence-corrected chi connectivity index (χ3v) is 6.93. The van der Waals surface area contributed by atoms with Crippen LogP contribution in [0.1, 0.15) is 47.0 Å². The van der Waals surface area contributed by atoms with Gasteiger partial charge in [-0.1, -0.05) is 26.8 Å². The van der Waals surface area contributed by atoms with Crippen molar-refractivity contribution in [3.8, 4) is 0 Å². The fourth-order valence-corrected chi connectivity index (χ4v) is 5.36. The summed E-state index contributed by atoms with van der Waals surface area (Å²) in [6, 6.07) is 0. The Morgan fingerprint density at radius 2 is 2.00 bits per heavy atom. The first-order chi connectivity index (χ1) is 12.1. The maximum atomic E-state index is 12.8. The second kappa shape index (κ2) is 6.55. The molecule has 0 amide bonds. The first-order valence-corrected chi connectivity index (χ1v) is 9.65. The number of aliphatic hydroxyl groups is 3. The topological polar surface area (TPSA) is 87.0 Å². The summed E-state index contributed by atoms with van der Waals surface area (Å²) in [5.74, 6) is -0.285. The number of ether oxygens (including phenoxy) is 1. The van der Waals surface area contributed by atoms with Crippen LogP contribution in [0.15, 0.2) is 22.8 Å². The van der Waals surface area contributed by atoms with Crippen LogP contribution in [0, 0.1) is 23.2 Å². The third kappa shape index (κ3) is 2.71. The van der Waals surface area contributed by atoms with E-state index in [2.05, 4.69) is 0 Å². The highest BCUT2D eigenvalue weighted by Gasteiger charge is 2.54. The molecule has 5 heteroatoms. The Labute approximate surface area is 155 Å². The molecule has 3 aliphatic rings. The quantitative estimate of drug-likeness (QED) is 0.667. The summed E-state index contributed by atoms with van der Waals surface area (Å²) in [5, 5.41) is 32.9. The van der Waals surface area contributed by atoms with E-state index in [1.54, 1.807) is 7.11 Å². The lowest BCUT2D eigenvalue weighted by atomic mass is 9.68. The van der Waals surface area contributed by atoms with Crippen LogP contribution in [0.4, 0.5) is 0 Å². The van der Waals surface area contributed by atoms with E-state index in [4.69, 9.17) is 4.74 Å². The van der Waals surface area contributed by atoms with Crippen LogP contribution in [0.5, 0.6) is 0 Å². The van der Waals surface area contributed by atoms with Gasteiger partial charge in [-0.2, -0.15) is 0 Å². The van der Waals surface area contributed by atoms with Gasteiger partial charge in [-0.25, -0.2) is 0 Å². The molecule has 0 unspecified atom stereocenters. The Hall–Kier alpha value is -1.01. The van der Waals surface area contributed by atoms with E-state index in [-0.39, 0.29) is 30.1 Å². The number of carbonyl (C=O) groups is 1. The van der Waals surface area contributed by atoms with E-state index < -0.39 is 23.2 Å². The lowest BCUT2D eigenvalue weighted by Gasteiger charge is -2.39. The zero-order valence-corrected chi connectivity index (χ0v) is 16.5. The van der Waals surface area contributed by atoms with Crippen LogP contribution in [0.2, 0.25) is 0 Å². The van der Waals surface area contributed by atoms with Gasteiger partial charge in [0.05, 0.1) is 12.7 Å². The molecule has 26 heavy (non-hydrogen) atoms. The van der Waals surface area contributed by atoms with E-state index in [1.165, 1.54) is 0 Å². The van der Waals surface area contributed by atoms with Crippen molar-refractivity contribution in [2.75, 3.05) is 13.7 Å². The molecule has 146 valence electrons. The summed E-state index contributed by atoms with van der Waals surface area (Å²) in [7, 11) is 1.56. The van der Waals surface area contributed by atoms with Crippen molar-refractivity contribution in [3.05, 3.63) is 22.8 Å². The number of methoxy groups -OCH3 is 1. The van der Waals surface area contributed by atoms with Crippen LogP contribution >= 0.6 is 0 Å². The van der Waals surface area contributed by atoms with Crippen LogP contribution in [-0.4, -0.2) is 52.6 Å². The Bertz CT molecular complexity index is 663. The number of aliphatic hydroxyl groups excluding tert-OH is 2. The van der Waals surface area contributed by atoms with E-state index in [9.17, 15) is 20.1 Å². The zero-order valence-electron chi connectivity index (χ0n) is 16.5. The summed E-state index contributed by atoms with van der Waals surface area (Å²) in [6.45, 7) is 7.93. The van der Waals surface area contributed by atoms with Crippen molar-refractivity contribution in [1.82, 2.24) is 0 Å². The Balaban J connectivity index is 2.23. The molecule has 1 saturated carbocycles. The summed E-state index contributed by atoms with van der Waals surface area (Å²) in [6.07, 6.45) is 1.85. The van der Waals surface area contributed by atoms with E-state index in [0.29, 0.717) is 18.4 Å². The molecule has 0 aromatic heterocycles. The molecule has 0 aromatic rings. The average Bonchev–Trinajstić information content (AvgIpc) is 2.95. The molecule has 3 aliphatic carbocycles. The summed E-state index contributed by atoms with van der Waals surface area (Å²) < 4.78 is 5.27. The molecular formula is C21H32O5. The smallest absolute Gasteiger partial charge is 0.188 e. The van der Waals surface area contributed by atoms with Gasteiger partial charge in [0.15, 0.2) is 5.78 Å². The van der Waals surface area contributed by atoms with Crippen molar-refractivity contribution in [3.63, 3.8) is 0 Å². The summed E-state index contributed by atoms with van der Waals surface area (Å²) >= 11 is 0. The molecular weight excluding hydrogens is 332 g/mol. The zero-order chi connectivity index (χ0) is 19.4. The number of fused-ring (bicyclic) bond motifs is 2. The predicted octanol–water partition coefficient (Wildman–Crippen LogP) is 2.00. The number of hydrogen-bond donors (Lipinski definition) is 3. The highest BCUT2D eigenvalue weighted by atomic mass is 16.5. The van der Waals surface area contributed by atoms with Gasteiger partial charge >= 0.3 is 0 Å². The molecule has 0 saturated heterocycles. The van der Waals surface area contributed by atoms with Gasteiger partial charge in [0.2, 0.25) is 0 Å². The normalized spacial score (nSPS) is 43.3. The average molecular weight is 364 g/mol. The first kappa shape index (κ1) is 19.7. The van der Waals surface area contributed by atoms with Crippen LogP contribution < -0.4 is 0 Å². The molecule has 0 bridgehead atoms. The number of carbonyl (C=O) groups excluding carboxylic acids is 1. The van der Waals surface area contributed by atoms with Crippen LogP contribution in [0.3, 0.4) is 0 Å². The minimum Gasteiger partial charge on any atom is -0.392 e. The van der Waals surface area contributed by atoms with Crippen molar-refractivity contribution in [2.45, 2.75) is 64.8 Å². The lowest BCUT2D eigenvalue weighted by Crippen LogP contribution is -2.41. The second-order valence-electron chi connectivity index (χ2n) is 8.94. The molecule has 0 spiro atoms. The maximum absolute atomic E-state index is 12.8. The molecule has 3 N–H and O–H groups in total. The number of hydrogen-bond acceptors (Lipinski definition) is 5.